The molecule has 0 saturated carbocycles. The third-order valence-corrected chi connectivity index (χ3v) is 2.95. The minimum atomic E-state index is -0.206. The van der Waals surface area contributed by atoms with Crippen molar-refractivity contribution in [1.82, 2.24) is 5.43 Å². The second-order valence-electron chi connectivity index (χ2n) is 3.61. The number of ether oxygens (including phenoxy) is 1. The van der Waals surface area contributed by atoms with Gasteiger partial charge in [0.15, 0.2) is 0 Å². The van der Waals surface area contributed by atoms with Gasteiger partial charge in [0.2, 0.25) is 5.91 Å². The Morgan fingerprint density at radius 3 is 2.94 bits per heavy atom. The van der Waals surface area contributed by atoms with Gasteiger partial charge in [0.1, 0.15) is 5.75 Å². The lowest BCUT2D eigenvalue weighted by atomic mass is 10.2. The standard InChI is InChI=1S/C11H14BrClN2O2/c1-7(2-5-11(16)15-14)17-10-4-3-8(12)6-9(10)13/h3-4,6-7H,2,5,14H2,1H3,(H,15,16). The van der Waals surface area contributed by atoms with Gasteiger partial charge in [0.25, 0.3) is 0 Å². The number of hydrogen-bond acceptors (Lipinski definition) is 3. The van der Waals surface area contributed by atoms with Crippen LogP contribution in [-0.2, 0) is 4.79 Å². The first-order chi connectivity index (χ1) is 8.02. The van der Waals surface area contributed by atoms with E-state index >= 15 is 0 Å². The molecule has 0 saturated heterocycles. The lowest BCUT2D eigenvalue weighted by molar-refractivity contribution is -0.121. The molecule has 0 aliphatic rings. The summed E-state index contributed by atoms with van der Waals surface area (Å²) in [4.78, 5) is 11.0. The Bertz CT molecular complexity index is 401. The minimum absolute atomic E-state index is 0.106. The summed E-state index contributed by atoms with van der Waals surface area (Å²) in [7, 11) is 0. The Labute approximate surface area is 114 Å². The molecule has 0 aliphatic carbocycles. The van der Waals surface area contributed by atoms with E-state index in [9.17, 15) is 4.79 Å². The summed E-state index contributed by atoms with van der Waals surface area (Å²) in [6.07, 6.45) is 0.798. The van der Waals surface area contributed by atoms with E-state index in [1.807, 2.05) is 13.0 Å². The van der Waals surface area contributed by atoms with Crippen molar-refractivity contribution in [2.24, 2.45) is 5.84 Å². The normalized spacial score (nSPS) is 12.0. The van der Waals surface area contributed by atoms with Gasteiger partial charge in [-0.15, -0.1) is 0 Å². The van der Waals surface area contributed by atoms with Crippen molar-refractivity contribution < 1.29 is 9.53 Å². The predicted octanol–water partition coefficient (Wildman–Crippen LogP) is 2.64. The molecule has 0 spiro atoms. The first-order valence-electron chi connectivity index (χ1n) is 5.14. The number of nitrogens with one attached hydrogen (secondary N) is 1. The van der Waals surface area contributed by atoms with E-state index in [1.54, 1.807) is 12.1 Å². The lowest BCUT2D eigenvalue weighted by Gasteiger charge is -2.15. The van der Waals surface area contributed by atoms with Crippen LogP contribution in [0.25, 0.3) is 0 Å². The molecule has 6 heteroatoms. The summed E-state index contributed by atoms with van der Waals surface area (Å²) < 4.78 is 6.51. The molecule has 0 radical (unpaired) electrons. The molecule has 4 nitrogen and oxygen atoms in total. The fourth-order valence-electron chi connectivity index (χ4n) is 1.25. The van der Waals surface area contributed by atoms with Crippen LogP contribution in [0.1, 0.15) is 19.8 Å². The van der Waals surface area contributed by atoms with Gasteiger partial charge in [-0.3, -0.25) is 10.2 Å². The van der Waals surface area contributed by atoms with Gasteiger partial charge in [-0.25, -0.2) is 5.84 Å². The number of benzene rings is 1. The van der Waals surface area contributed by atoms with E-state index in [0.717, 1.165) is 4.47 Å². The van der Waals surface area contributed by atoms with Crippen LogP contribution < -0.4 is 16.0 Å². The number of carbonyl (C=O) groups excluding carboxylic acids is 1. The van der Waals surface area contributed by atoms with E-state index in [-0.39, 0.29) is 12.0 Å². The van der Waals surface area contributed by atoms with Crippen LogP contribution in [0, 0.1) is 0 Å². The van der Waals surface area contributed by atoms with Crippen LogP contribution in [0.2, 0.25) is 5.02 Å². The van der Waals surface area contributed by atoms with Crippen molar-refractivity contribution in [3.05, 3.63) is 27.7 Å². The first-order valence-corrected chi connectivity index (χ1v) is 6.31. The van der Waals surface area contributed by atoms with Crippen LogP contribution in [0.5, 0.6) is 5.75 Å². The summed E-state index contributed by atoms with van der Waals surface area (Å²) in [5.41, 5.74) is 2.08. The Balaban J connectivity index is 2.50. The van der Waals surface area contributed by atoms with Gasteiger partial charge in [0, 0.05) is 10.9 Å². The van der Waals surface area contributed by atoms with Crippen molar-refractivity contribution in [1.29, 1.82) is 0 Å². The van der Waals surface area contributed by atoms with E-state index in [2.05, 4.69) is 21.4 Å². The van der Waals surface area contributed by atoms with Gasteiger partial charge >= 0.3 is 0 Å². The van der Waals surface area contributed by atoms with E-state index in [1.165, 1.54) is 0 Å². The van der Waals surface area contributed by atoms with Crippen molar-refractivity contribution in [2.45, 2.75) is 25.9 Å². The van der Waals surface area contributed by atoms with Gasteiger partial charge in [-0.05, 0) is 31.5 Å². The molecule has 0 aliphatic heterocycles. The zero-order valence-corrected chi connectivity index (χ0v) is 11.7. The SMILES string of the molecule is CC(CCC(=O)NN)Oc1ccc(Br)cc1Cl. The van der Waals surface area contributed by atoms with E-state index in [0.29, 0.717) is 23.6 Å². The summed E-state index contributed by atoms with van der Waals surface area (Å²) in [6.45, 7) is 1.88. The summed E-state index contributed by atoms with van der Waals surface area (Å²) in [5, 5.41) is 0.537. The van der Waals surface area contributed by atoms with Crippen molar-refractivity contribution in [3.63, 3.8) is 0 Å². The number of hydrogen-bond donors (Lipinski definition) is 2. The third-order valence-electron chi connectivity index (χ3n) is 2.16. The maximum absolute atomic E-state index is 11.0. The van der Waals surface area contributed by atoms with Gasteiger partial charge in [-0.1, -0.05) is 27.5 Å². The largest absolute Gasteiger partial charge is 0.489 e. The molecular formula is C11H14BrClN2O2. The number of hydrazine groups is 1. The highest BCUT2D eigenvalue weighted by Crippen LogP contribution is 2.28. The Hall–Kier alpha value is -0.780. The van der Waals surface area contributed by atoms with E-state index in [4.69, 9.17) is 22.2 Å². The predicted molar refractivity (Wildman–Crippen MR) is 70.8 cm³/mol. The lowest BCUT2D eigenvalue weighted by Crippen LogP contribution is -2.30. The number of amides is 1. The Morgan fingerprint density at radius 2 is 2.35 bits per heavy atom. The number of nitrogens with two attached hydrogens (primary N) is 1. The summed E-state index contributed by atoms with van der Waals surface area (Å²) in [5.74, 6) is 5.39. The van der Waals surface area contributed by atoms with Gasteiger partial charge < -0.3 is 4.74 Å². The maximum Gasteiger partial charge on any atom is 0.234 e. The quantitative estimate of drug-likeness (QED) is 0.498. The molecule has 3 N–H and O–H groups in total. The van der Waals surface area contributed by atoms with Gasteiger partial charge in [-0.2, -0.15) is 0 Å². The molecule has 94 valence electrons. The molecule has 0 heterocycles. The molecule has 0 aromatic heterocycles. The molecule has 1 amide bonds. The smallest absolute Gasteiger partial charge is 0.234 e. The summed E-state index contributed by atoms with van der Waals surface area (Å²) >= 11 is 9.32. The zero-order chi connectivity index (χ0) is 12.8. The monoisotopic (exact) mass is 320 g/mol. The number of carbonyl (C=O) groups is 1. The topological polar surface area (TPSA) is 64.4 Å². The minimum Gasteiger partial charge on any atom is -0.489 e. The Morgan fingerprint density at radius 1 is 1.65 bits per heavy atom. The molecule has 0 bridgehead atoms. The Kier molecular flexibility index (Phi) is 5.74. The van der Waals surface area contributed by atoms with Crippen LogP contribution in [-0.4, -0.2) is 12.0 Å². The van der Waals surface area contributed by atoms with Crippen molar-refractivity contribution in [2.75, 3.05) is 0 Å². The molecule has 1 aromatic rings. The van der Waals surface area contributed by atoms with Crippen LogP contribution >= 0.6 is 27.5 Å². The fourth-order valence-corrected chi connectivity index (χ4v) is 1.97. The first kappa shape index (κ1) is 14.3. The van der Waals surface area contributed by atoms with Crippen molar-refractivity contribution >= 4 is 33.4 Å². The fraction of sp³-hybridized carbons (Fsp3) is 0.364. The number of rotatable bonds is 5. The molecular weight excluding hydrogens is 307 g/mol. The molecule has 17 heavy (non-hydrogen) atoms. The molecule has 1 unspecified atom stereocenters. The molecule has 0 fully saturated rings. The van der Waals surface area contributed by atoms with Crippen LogP contribution in [0.3, 0.4) is 0 Å². The third kappa shape index (κ3) is 4.93. The second-order valence-corrected chi connectivity index (χ2v) is 4.93. The maximum atomic E-state index is 11.0. The highest BCUT2D eigenvalue weighted by molar-refractivity contribution is 9.10. The molecule has 1 aromatic carbocycles. The molecule has 1 rings (SSSR count). The van der Waals surface area contributed by atoms with E-state index < -0.39 is 0 Å². The average Bonchev–Trinajstić information content (AvgIpc) is 2.29. The highest BCUT2D eigenvalue weighted by Gasteiger charge is 2.09. The molecule has 1 atom stereocenters. The van der Waals surface area contributed by atoms with Gasteiger partial charge in [0.05, 0.1) is 11.1 Å². The van der Waals surface area contributed by atoms with Crippen molar-refractivity contribution in [3.8, 4) is 5.75 Å². The number of halogens is 2. The zero-order valence-electron chi connectivity index (χ0n) is 9.37. The van der Waals surface area contributed by atoms with Crippen LogP contribution in [0.15, 0.2) is 22.7 Å². The average molecular weight is 322 g/mol. The van der Waals surface area contributed by atoms with Crippen LogP contribution in [0.4, 0.5) is 0 Å². The summed E-state index contributed by atoms with van der Waals surface area (Å²) in [6, 6.07) is 5.39. The second kappa shape index (κ2) is 6.83. The highest BCUT2D eigenvalue weighted by atomic mass is 79.9.